The zero-order chi connectivity index (χ0) is 4.83. The van der Waals surface area contributed by atoms with Crippen LogP contribution in [0.15, 0.2) is 0 Å². The van der Waals surface area contributed by atoms with Crippen LogP contribution in [0.4, 0.5) is 0 Å². The fraction of sp³-hybridized carbons (Fsp3) is 0.500. The van der Waals surface area contributed by atoms with Crippen LogP contribution in [-0.4, -0.2) is 75.9 Å². The molecule has 8 heavy (non-hydrogen) atoms. The Morgan fingerprint density at radius 2 is 1.75 bits per heavy atom. The minimum Gasteiger partial charge on any atom is -0.462 e. The monoisotopic (exact) mass is 132 g/mol. The van der Waals surface area contributed by atoms with Gasteiger partial charge in [0, 0.05) is 65.5 Å². The summed E-state index contributed by atoms with van der Waals surface area (Å²) in [5.74, 6) is 2.25. The molecule has 0 aliphatic carbocycles. The van der Waals surface area contributed by atoms with E-state index in [4.69, 9.17) is 10.2 Å². The minimum atomic E-state index is 0. The zero-order valence-electron chi connectivity index (χ0n) is 5.31. The molecule has 0 bridgehead atoms. The summed E-state index contributed by atoms with van der Waals surface area (Å²) in [7, 11) is 0. The predicted octanol–water partition coefficient (Wildman–Crippen LogP) is -1.06. The first-order valence-electron chi connectivity index (χ1n) is 1.64. The molecule has 2 N–H and O–H groups in total. The van der Waals surface area contributed by atoms with Crippen molar-refractivity contribution < 1.29 is 10.2 Å². The maximum absolute atomic E-state index is 7.98. The van der Waals surface area contributed by atoms with Crippen molar-refractivity contribution in [2.45, 2.75) is 6.42 Å². The molecule has 0 aromatic heterocycles. The van der Waals surface area contributed by atoms with E-state index >= 15 is 0 Å². The normalized spacial score (nSPS) is 4.62. The van der Waals surface area contributed by atoms with Crippen molar-refractivity contribution in [3.8, 4) is 12.0 Å². The second-order valence-corrected chi connectivity index (χ2v) is 0.762. The Balaban J connectivity index is -0.000000125. The molecule has 4 heteroatoms. The van der Waals surface area contributed by atoms with E-state index in [1.165, 1.54) is 0 Å². The molecule has 0 heterocycles. The third-order valence-electron chi connectivity index (χ3n) is 0.316. The van der Waals surface area contributed by atoms with Crippen LogP contribution in [-0.2, 0) is 0 Å². The molecular weight excluding hydrogens is 126 g/mol. The van der Waals surface area contributed by atoms with Gasteiger partial charge in [-0.2, -0.15) is 0 Å². The largest absolute Gasteiger partial charge is 0.462 e. The number of rotatable bonds is 1. The smallest absolute Gasteiger partial charge is 0.107 e. The molecule has 0 spiro atoms. The van der Waals surface area contributed by atoms with Gasteiger partial charge in [-0.05, 0) is 0 Å². The Morgan fingerprint density at radius 3 is 1.88 bits per heavy atom. The standard InChI is InChI=1S/C4H6O2.2Na/c5-3-1-2-4-6;;/h5-6H,1,3H2;;. The van der Waals surface area contributed by atoms with Gasteiger partial charge in [-0.3, -0.25) is 0 Å². The van der Waals surface area contributed by atoms with Gasteiger partial charge >= 0.3 is 0 Å². The van der Waals surface area contributed by atoms with E-state index in [1.807, 2.05) is 0 Å². The molecule has 0 saturated heterocycles. The van der Waals surface area contributed by atoms with Crippen molar-refractivity contribution in [2.75, 3.05) is 6.61 Å². The Labute approximate surface area is 93.2 Å². The van der Waals surface area contributed by atoms with Crippen molar-refractivity contribution >= 4 is 59.1 Å². The van der Waals surface area contributed by atoms with Gasteiger partial charge in [0.1, 0.15) is 6.11 Å². The summed E-state index contributed by atoms with van der Waals surface area (Å²) in [6.45, 7) is 0.0214. The van der Waals surface area contributed by atoms with Gasteiger partial charge in [-0.25, -0.2) is 0 Å². The van der Waals surface area contributed by atoms with Crippen LogP contribution in [0.5, 0.6) is 0 Å². The first kappa shape index (κ1) is 16.2. The summed E-state index contributed by atoms with van der Waals surface area (Å²) in [5, 5.41) is 15.7. The van der Waals surface area contributed by atoms with Crippen LogP contribution in [0.2, 0.25) is 0 Å². The summed E-state index contributed by atoms with van der Waals surface area (Å²) in [6.07, 6.45) is 2.02. The fourth-order valence-electron chi connectivity index (χ4n) is 0.112. The van der Waals surface area contributed by atoms with E-state index in [-0.39, 0.29) is 65.7 Å². The Bertz CT molecular complexity index is 73.8. The molecule has 0 aromatic carbocycles. The van der Waals surface area contributed by atoms with Crippen LogP contribution in [0.1, 0.15) is 6.42 Å². The Kier molecular flexibility index (Phi) is 31.8. The van der Waals surface area contributed by atoms with Crippen LogP contribution in [0.25, 0.3) is 0 Å². The van der Waals surface area contributed by atoms with Crippen molar-refractivity contribution in [1.82, 2.24) is 0 Å². The van der Waals surface area contributed by atoms with Gasteiger partial charge in [-0.15, -0.1) is 0 Å². The number of aliphatic hydroxyl groups excluding tert-OH is 2. The average Bonchev–Trinajstić information content (AvgIpc) is 1.61. The van der Waals surface area contributed by atoms with E-state index in [0.717, 1.165) is 0 Å². The number of aliphatic hydroxyl groups is 2. The maximum Gasteiger partial charge on any atom is 0.107 e. The zero-order valence-corrected chi connectivity index (χ0v) is 9.31. The van der Waals surface area contributed by atoms with Crippen molar-refractivity contribution in [3.05, 3.63) is 0 Å². The molecule has 0 aliphatic rings. The predicted molar refractivity (Wildman–Crippen MR) is 32.9 cm³/mol. The summed E-state index contributed by atoms with van der Waals surface area (Å²) in [5.41, 5.74) is 0. The topological polar surface area (TPSA) is 40.5 Å². The van der Waals surface area contributed by atoms with Crippen molar-refractivity contribution in [3.63, 3.8) is 0 Å². The molecule has 2 nitrogen and oxygen atoms in total. The van der Waals surface area contributed by atoms with Gasteiger partial charge in [0.05, 0.1) is 6.61 Å². The molecule has 0 rings (SSSR count). The van der Waals surface area contributed by atoms with Crippen molar-refractivity contribution in [1.29, 1.82) is 0 Å². The molecular formula is C4H6Na2O2. The second-order valence-electron chi connectivity index (χ2n) is 0.762. The van der Waals surface area contributed by atoms with Crippen molar-refractivity contribution in [2.24, 2.45) is 0 Å². The Morgan fingerprint density at radius 1 is 1.25 bits per heavy atom. The van der Waals surface area contributed by atoms with E-state index in [9.17, 15) is 0 Å². The summed E-state index contributed by atoms with van der Waals surface area (Å²) in [4.78, 5) is 0. The molecule has 0 atom stereocenters. The van der Waals surface area contributed by atoms with E-state index in [1.54, 1.807) is 6.11 Å². The van der Waals surface area contributed by atoms with Gasteiger partial charge in [0.2, 0.25) is 0 Å². The second kappa shape index (κ2) is 15.8. The molecule has 0 aliphatic heterocycles. The van der Waals surface area contributed by atoms with Gasteiger partial charge in [0.15, 0.2) is 0 Å². The van der Waals surface area contributed by atoms with Crippen LogP contribution >= 0.6 is 0 Å². The molecule has 0 unspecified atom stereocenters. The molecule has 2 radical (unpaired) electrons. The minimum absolute atomic E-state index is 0. The van der Waals surface area contributed by atoms with E-state index in [2.05, 4.69) is 5.92 Å². The number of hydrogen-bond donors (Lipinski definition) is 2. The third-order valence-corrected chi connectivity index (χ3v) is 0.316. The van der Waals surface area contributed by atoms with Crippen LogP contribution in [0, 0.1) is 12.0 Å². The molecule has 0 amide bonds. The van der Waals surface area contributed by atoms with Gasteiger partial charge < -0.3 is 10.2 Å². The molecule has 36 valence electrons. The van der Waals surface area contributed by atoms with Crippen LogP contribution < -0.4 is 0 Å². The molecule has 0 aromatic rings. The summed E-state index contributed by atoms with van der Waals surface area (Å²) < 4.78 is 0. The quantitative estimate of drug-likeness (QED) is 0.352. The average molecular weight is 132 g/mol. The first-order chi connectivity index (χ1) is 2.91. The number of hydrogen-bond acceptors (Lipinski definition) is 2. The third kappa shape index (κ3) is 15.7. The summed E-state index contributed by atoms with van der Waals surface area (Å²) in [6, 6.07) is 0. The maximum atomic E-state index is 7.98. The van der Waals surface area contributed by atoms with Crippen LogP contribution in [0.3, 0.4) is 0 Å². The van der Waals surface area contributed by atoms with Gasteiger partial charge in [0.25, 0.3) is 0 Å². The summed E-state index contributed by atoms with van der Waals surface area (Å²) >= 11 is 0. The van der Waals surface area contributed by atoms with E-state index < -0.39 is 0 Å². The molecule has 0 fully saturated rings. The molecule has 0 saturated carbocycles. The first-order valence-corrected chi connectivity index (χ1v) is 1.64. The SMILES string of the molecule is OC#CCCO.[Na].[Na]. The van der Waals surface area contributed by atoms with Gasteiger partial charge in [-0.1, -0.05) is 5.92 Å². The fourth-order valence-corrected chi connectivity index (χ4v) is 0.112. The van der Waals surface area contributed by atoms with E-state index in [0.29, 0.717) is 6.42 Å². The Hall–Kier alpha value is 1.32.